The van der Waals surface area contributed by atoms with Crippen LogP contribution >= 0.6 is 11.6 Å². The van der Waals surface area contributed by atoms with Crippen molar-refractivity contribution in [3.63, 3.8) is 0 Å². The van der Waals surface area contributed by atoms with Gasteiger partial charge in [-0.05, 0) is 36.8 Å². The standard InChI is InChI=1S/C16H11ClFNO3/c1-8-5-11-13(7-12(8)17)19-16(21)15(14(11)20)22-10-4-2-3-9(18)6-10/h2-7H,1H3,(H2,19,20,21). The van der Waals surface area contributed by atoms with Gasteiger partial charge < -0.3 is 14.8 Å². The Balaban J connectivity index is 2.18. The van der Waals surface area contributed by atoms with E-state index in [-0.39, 0.29) is 17.2 Å². The molecule has 1 aromatic heterocycles. The van der Waals surface area contributed by atoms with E-state index >= 15 is 0 Å². The van der Waals surface area contributed by atoms with Crippen LogP contribution in [0.5, 0.6) is 17.2 Å². The second-order valence-electron chi connectivity index (χ2n) is 4.84. The lowest BCUT2D eigenvalue weighted by Gasteiger charge is -2.10. The summed E-state index contributed by atoms with van der Waals surface area (Å²) in [6.45, 7) is 1.78. The van der Waals surface area contributed by atoms with Crippen LogP contribution in [0, 0.1) is 12.7 Å². The minimum absolute atomic E-state index is 0.117. The van der Waals surface area contributed by atoms with Crippen LogP contribution in [0.15, 0.2) is 41.2 Å². The van der Waals surface area contributed by atoms with E-state index in [4.69, 9.17) is 16.3 Å². The van der Waals surface area contributed by atoms with E-state index in [9.17, 15) is 14.3 Å². The number of aromatic amines is 1. The maximum absolute atomic E-state index is 13.2. The molecule has 1 heterocycles. The van der Waals surface area contributed by atoms with E-state index in [0.717, 1.165) is 11.6 Å². The first-order valence-corrected chi connectivity index (χ1v) is 6.82. The summed E-state index contributed by atoms with van der Waals surface area (Å²) in [6, 6.07) is 8.50. The highest BCUT2D eigenvalue weighted by Gasteiger charge is 2.15. The number of ether oxygens (including phenoxy) is 1. The Bertz CT molecular complexity index is 937. The molecule has 2 N–H and O–H groups in total. The Hall–Kier alpha value is -2.53. The van der Waals surface area contributed by atoms with E-state index in [2.05, 4.69) is 4.98 Å². The number of rotatable bonds is 2. The lowest BCUT2D eigenvalue weighted by Crippen LogP contribution is -2.09. The molecule has 22 heavy (non-hydrogen) atoms. The third-order valence-corrected chi connectivity index (χ3v) is 3.65. The molecule has 0 atom stereocenters. The van der Waals surface area contributed by atoms with Crippen LogP contribution < -0.4 is 10.3 Å². The van der Waals surface area contributed by atoms with Gasteiger partial charge in [0.25, 0.3) is 5.56 Å². The van der Waals surface area contributed by atoms with Crippen LogP contribution in [-0.2, 0) is 0 Å². The van der Waals surface area contributed by atoms with Gasteiger partial charge in [0.1, 0.15) is 11.6 Å². The SMILES string of the molecule is Cc1cc2c(O)c(Oc3cccc(F)c3)c(=O)[nH]c2cc1Cl. The number of fused-ring (bicyclic) bond motifs is 1. The van der Waals surface area contributed by atoms with Crippen molar-refractivity contribution in [2.45, 2.75) is 6.92 Å². The minimum atomic E-state index is -0.630. The molecule has 6 heteroatoms. The second kappa shape index (κ2) is 5.35. The maximum Gasteiger partial charge on any atom is 0.295 e. The zero-order valence-electron chi connectivity index (χ0n) is 11.5. The van der Waals surface area contributed by atoms with Gasteiger partial charge in [0, 0.05) is 16.5 Å². The fourth-order valence-corrected chi connectivity index (χ4v) is 2.30. The van der Waals surface area contributed by atoms with Crippen molar-refractivity contribution >= 4 is 22.5 Å². The number of pyridine rings is 1. The van der Waals surface area contributed by atoms with Gasteiger partial charge >= 0.3 is 0 Å². The van der Waals surface area contributed by atoms with Gasteiger partial charge in [-0.3, -0.25) is 4.79 Å². The molecule has 0 spiro atoms. The first-order valence-electron chi connectivity index (χ1n) is 6.44. The molecule has 0 unspecified atom stereocenters. The molecule has 0 bridgehead atoms. The topological polar surface area (TPSA) is 62.3 Å². The smallest absolute Gasteiger partial charge is 0.295 e. The van der Waals surface area contributed by atoms with Crippen molar-refractivity contribution in [2.24, 2.45) is 0 Å². The molecule has 2 aromatic carbocycles. The van der Waals surface area contributed by atoms with Crippen LogP contribution in [0.25, 0.3) is 10.9 Å². The molecule has 0 fully saturated rings. The van der Waals surface area contributed by atoms with Crippen LogP contribution in [0.3, 0.4) is 0 Å². The fraction of sp³-hybridized carbons (Fsp3) is 0.0625. The molecule has 0 radical (unpaired) electrons. The first-order chi connectivity index (χ1) is 10.5. The molecule has 3 aromatic rings. The summed E-state index contributed by atoms with van der Waals surface area (Å²) < 4.78 is 18.5. The van der Waals surface area contributed by atoms with Crippen molar-refractivity contribution < 1.29 is 14.2 Å². The Kier molecular flexibility index (Phi) is 3.50. The number of aromatic hydroxyl groups is 1. The number of nitrogens with one attached hydrogen (secondary N) is 1. The first kappa shape index (κ1) is 14.4. The van der Waals surface area contributed by atoms with Crippen molar-refractivity contribution in [2.75, 3.05) is 0 Å². The normalized spacial score (nSPS) is 10.9. The van der Waals surface area contributed by atoms with E-state index in [0.29, 0.717) is 15.9 Å². The highest BCUT2D eigenvalue weighted by Crippen LogP contribution is 2.35. The Morgan fingerprint density at radius 1 is 1.27 bits per heavy atom. The third kappa shape index (κ3) is 2.51. The molecule has 3 rings (SSSR count). The monoisotopic (exact) mass is 319 g/mol. The summed E-state index contributed by atoms with van der Waals surface area (Å²) in [5.41, 5.74) is 0.507. The molecule has 112 valence electrons. The van der Waals surface area contributed by atoms with E-state index < -0.39 is 11.4 Å². The van der Waals surface area contributed by atoms with Crippen LogP contribution in [0.2, 0.25) is 5.02 Å². The Morgan fingerprint density at radius 3 is 2.77 bits per heavy atom. The molecule has 0 aliphatic carbocycles. The Labute approximate surface area is 129 Å². The number of aryl methyl sites for hydroxylation is 1. The molecule has 0 amide bonds. The predicted octanol–water partition coefficient (Wildman–Crippen LogP) is 4.13. The summed E-state index contributed by atoms with van der Waals surface area (Å²) in [5, 5.41) is 11.2. The number of halogens is 2. The number of hydrogen-bond acceptors (Lipinski definition) is 3. The molecular formula is C16H11ClFNO3. The van der Waals surface area contributed by atoms with Gasteiger partial charge in [0.05, 0.1) is 5.52 Å². The van der Waals surface area contributed by atoms with Crippen LogP contribution in [-0.4, -0.2) is 10.1 Å². The van der Waals surface area contributed by atoms with Crippen molar-refractivity contribution in [3.05, 3.63) is 63.2 Å². The van der Waals surface area contributed by atoms with Gasteiger partial charge in [0.15, 0.2) is 5.75 Å². The van der Waals surface area contributed by atoms with Gasteiger partial charge in [-0.15, -0.1) is 0 Å². The van der Waals surface area contributed by atoms with Gasteiger partial charge in [-0.25, -0.2) is 4.39 Å². The highest BCUT2D eigenvalue weighted by molar-refractivity contribution is 6.32. The van der Waals surface area contributed by atoms with E-state index in [1.165, 1.54) is 18.2 Å². The maximum atomic E-state index is 13.2. The average molecular weight is 320 g/mol. The fourth-order valence-electron chi connectivity index (χ4n) is 2.13. The quantitative estimate of drug-likeness (QED) is 0.746. The summed E-state index contributed by atoms with van der Waals surface area (Å²) in [5.74, 6) is -0.995. The highest BCUT2D eigenvalue weighted by atomic mass is 35.5. The van der Waals surface area contributed by atoms with Crippen molar-refractivity contribution in [1.82, 2.24) is 4.98 Å². The summed E-state index contributed by atoms with van der Waals surface area (Å²) in [4.78, 5) is 14.6. The molecular weight excluding hydrogens is 309 g/mol. The molecule has 0 aliphatic rings. The van der Waals surface area contributed by atoms with Gasteiger partial charge in [-0.2, -0.15) is 0 Å². The summed E-state index contributed by atoms with van der Waals surface area (Å²) >= 11 is 6.00. The van der Waals surface area contributed by atoms with Crippen molar-refractivity contribution in [3.8, 4) is 17.2 Å². The van der Waals surface area contributed by atoms with Crippen molar-refractivity contribution in [1.29, 1.82) is 0 Å². The zero-order valence-corrected chi connectivity index (χ0v) is 12.2. The lowest BCUT2D eigenvalue weighted by atomic mass is 10.1. The summed E-state index contributed by atoms with van der Waals surface area (Å²) in [7, 11) is 0. The number of hydrogen-bond donors (Lipinski definition) is 2. The summed E-state index contributed by atoms with van der Waals surface area (Å²) in [6.07, 6.45) is 0. The number of aromatic nitrogens is 1. The lowest BCUT2D eigenvalue weighted by molar-refractivity contribution is 0.409. The average Bonchev–Trinajstić information content (AvgIpc) is 2.46. The van der Waals surface area contributed by atoms with Gasteiger partial charge in [-0.1, -0.05) is 17.7 Å². The Morgan fingerprint density at radius 2 is 2.05 bits per heavy atom. The number of H-pyrrole nitrogens is 1. The largest absolute Gasteiger partial charge is 0.504 e. The second-order valence-corrected chi connectivity index (χ2v) is 5.25. The third-order valence-electron chi connectivity index (χ3n) is 3.24. The minimum Gasteiger partial charge on any atom is -0.504 e. The van der Waals surface area contributed by atoms with E-state index in [1.807, 2.05) is 0 Å². The molecule has 0 aliphatic heterocycles. The van der Waals surface area contributed by atoms with Crippen LogP contribution in [0.1, 0.15) is 5.56 Å². The molecule has 0 saturated carbocycles. The van der Waals surface area contributed by atoms with E-state index in [1.54, 1.807) is 19.1 Å². The molecule has 4 nitrogen and oxygen atoms in total. The molecule has 0 saturated heterocycles. The number of benzene rings is 2. The zero-order chi connectivity index (χ0) is 15.9. The van der Waals surface area contributed by atoms with Gasteiger partial charge in [0.2, 0.25) is 5.75 Å². The van der Waals surface area contributed by atoms with Crippen LogP contribution in [0.4, 0.5) is 4.39 Å². The predicted molar refractivity (Wildman–Crippen MR) is 82.5 cm³/mol.